The van der Waals surface area contributed by atoms with Gasteiger partial charge in [0.15, 0.2) is 11.6 Å². The van der Waals surface area contributed by atoms with Gasteiger partial charge in [-0.25, -0.2) is 26.3 Å². The summed E-state index contributed by atoms with van der Waals surface area (Å²) in [7, 11) is -4.29. The fraction of sp³-hybridized carbons (Fsp3) is 0.538. The van der Waals surface area contributed by atoms with Crippen molar-refractivity contribution in [2.75, 3.05) is 6.54 Å². The van der Waals surface area contributed by atoms with E-state index < -0.39 is 38.4 Å². The highest BCUT2D eigenvalue weighted by Crippen LogP contribution is 2.28. The second-order valence-electron chi connectivity index (χ2n) is 5.20. The minimum atomic E-state index is -4.29. The SMILES string of the molecule is Cl.NCC(NS(=O)(=O)c1cc(F)c(F)cc1F)C1CCCC1. The van der Waals surface area contributed by atoms with Crippen LogP contribution >= 0.6 is 12.4 Å². The van der Waals surface area contributed by atoms with Crippen LogP contribution in [0.15, 0.2) is 17.0 Å². The summed E-state index contributed by atoms with van der Waals surface area (Å²) in [6, 6.07) is 0.0246. The molecule has 2 rings (SSSR count). The summed E-state index contributed by atoms with van der Waals surface area (Å²) in [5, 5.41) is 0. The molecule has 0 heterocycles. The molecule has 0 spiro atoms. The molecule has 0 aromatic heterocycles. The van der Waals surface area contributed by atoms with Crippen LogP contribution in [0.2, 0.25) is 0 Å². The van der Waals surface area contributed by atoms with Gasteiger partial charge in [-0.1, -0.05) is 12.8 Å². The van der Waals surface area contributed by atoms with Gasteiger partial charge in [-0.2, -0.15) is 0 Å². The predicted molar refractivity (Wildman–Crippen MR) is 78.7 cm³/mol. The molecule has 1 aromatic carbocycles. The van der Waals surface area contributed by atoms with E-state index in [2.05, 4.69) is 4.72 Å². The summed E-state index contributed by atoms with van der Waals surface area (Å²) in [6.07, 6.45) is 3.65. The molecule has 0 saturated heterocycles. The molecule has 1 atom stereocenters. The normalized spacial score (nSPS) is 17.3. The van der Waals surface area contributed by atoms with Crippen LogP contribution in [0, 0.1) is 23.4 Å². The Morgan fingerprint density at radius 1 is 1.14 bits per heavy atom. The first-order chi connectivity index (χ1) is 9.85. The van der Waals surface area contributed by atoms with Crippen molar-refractivity contribution in [2.24, 2.45) is 11.7 Å². The van der Waals surface area contributed by atoms with Crippen LogP contribution in [0.5, 0.6) is 0 Å². The van der Waals surface area contributed by atoms with Crippen molar-refractivity contribution in [3.05, 3.63) is 29.6 Å². The second-order valence-corrected chi connectivity index (χ2v) is 6.89. The Labute approximate surface area is 133 Å². The second kappa shape index (κ2) is 7.63. The average molecular weight is 359 g/mol. The van der Waals surface area contributed by atoms with Gasteiger partial charge in [-0.3, -0.25) is 0 Å². The Bertz CT molecular complexity index is 622. The first-order valence-electron chi connectivity index (χ1n) is 6.72. The minimum Gasteiger partial charge on any atom is -0.329 e. The highest BCUT2D eigenvalue weighted by Gasteiger charge is 2.30. The van der Waals surface area contributed by atoms with E-state index in [1.807, 2.05) is 0 Å². The number of nitrogens with two attached hydrogens (primary N) is 1. The number of hydrogen-bond donors (Lipinski definition) is 2. The zero-order valence-corrected chi connectivity index (χ0v) is 13.3. The minimum absolute atomic E-state index is 0. The van der Waals surface area contributed by atoms with Crippen molar-refractivity contribution in [3.8, 4) is 0 Å². The van der Waals surface area contributed by atoms with E-state index in [0.29, 0.717) is 6.07 Å². The summed E-state index contributed by atoms with van der Waals surface area (Å²) in [6.45, 7) is 0.0647. The summed E-state index contributed by atoms with van der Waals surface area (Å²) in [5.41, 5.74) is 5.58. The molecule has 0 radical (unpaired) electrons. The molecule has 1 fully saturated rings. The summed E-state index contributed by atoms with van der Waals surface area (Å²) < 4.78 is 66.2. The molecule has 126 valence electrons. The van der Waals surface area contributed by atoms with Gasteiger partial charge in [0.1, 0.15) is 10.7 Å². The Morgan fingerprint density at radius 2 is 1.68 bits per heavy atom. The van der Waals surface area contributed by atoms with Crippen molar-refractivity contribution in [2.45, 2.75) is 36.6 Å². The number of hydrogen-bond acceptors (Lipinski definition) is 3. The molecule has 1 aliphatic carbocycles. The topological polar surface area (TPSA) is 72.2 Å². The van der Waals surface area contributed by atoms with Gasteiger partial charge in [0, 0.05) is 18.7 Å². The van der Waals surface area contributed by atoms with Crippen molar-refractivity contribution in [1.29, 1.82) is 0 Å². The summed E-state index contributed by atoms with van der Waals surface area (Å²) in [5.74, 6) is -4.10. The van der Waals surface area contributed by atoms with E-state index in [4.69, 9.17) is 5.73 Å². The largest absolute Gasteiger partial charge is 0.329 e. The molecule has 1 saturated carbocycles. The first-order valence-corrected chi connectivity index (χ1v) is 8.20. The number of rotatable bonds is 5. The lowest BCUT2D eigenvalue weighted by Gasteiger charge is -2.23. The number of halogens is 4. The molecule has 3 N–H and O–H groups in total. The van der Waals surface area contributed by atoms with Crippen LogP contribution in [0.1, 0.15) is 25.7 Å². The van der Waals surface area contributed by atoms with Crippen LogP contribution in [0.3, 0.4) is 0 Å². The van der Waals surface area contributed by atoms with Crippen LogP contribution < -0.4 is 10.5 Å². The fourth-order valence-electron chi connectivity index (χ4n) is 2.67. The molecule has 9 heteroatoms. The van der Waals surface area contributed by atoms with Gasteiger partial charge in [0.25, 0.3) is 0 Å². The zero-order valence-electron chi connectivity index (χ0n) is 11.7. The van der Waals surface area contributed by atoms with Gasteiger partial charge < -0.3 is 5.73 Å². The lowest BCUT2D eigenvalue weighted by Crippen LogP contribution is -2.44. The molecule has 1 unspecified atom stereocenters. The predicted octanol–water partition coefficient (Wildman–Crippen LogP) is 2.32. The molecule has 0 bridgehead atoms. The van der Waals surface area contributed by atoms with E-state index >= 15 is 0 Å². The smallest absolute Gasteiger partial charge is 0.243 e. The quantitative estimate of drug-likeness (QED) is 0.793. The molecule has 22 heavy (non-hydrogen) atoms. The van der Waals surface area contributed by atoms with Crippen LogP contribution in [0.4, 0.5) is 13.2 Å². The lowest BCUT2D eigenvalue weighted by atomic mass is 9.99. The third-order valence-corrected chi connectivity index (χ3v) is 5.30. The Balaban J connectivity index is 0.00000242. The van der Waals surface area contributed by atoms with Crippen molar-refractivity contribution >= 4 is 22.4 Å². The first kappa shape index (κ1) is 19.2. The zero-order chi connectivity index (χ0) is 15.6. The van der Waals surface area contributed by atoms with Crippen LogP contribution in [-0.2, 0) is 10.0 Å². The van der Waals surface area contributed by atoms with Gasteiger partial charge >= 0.3 is 0 Å². The van der Waals surface area contributed by atoms with E-state index in [0.717, 1.165) is 25.7 Å². The number of benzene rings is 1. The maximum Gasteiger partial charge on any atom is 0.243 e. The third kappa shape index (κ3) is 4.13. The van der Waals surface area contributed by atoms with Gasteiger partial charge in [-0.05, 0) is 24.8 Å². The van der Waals surface area contributed by atoms with E-state index in [1.54, 1.807) is 0 Å². The summed E-state index contributed by atoms with van der Waals surface area (Å²) in [4.78, 5) is -0.905. The summed E-state index contributed by atoms with van der Waals surface area (Å²) >= 11 is 0. The van der Waals surface area contributed by atoms with Crippen molar-refractivity contribution < 1.29 is 21.6 Å². The van der Waals surface area contributed by atoms with Crippen LogP contribution in [0.25, 0.3) is 0 Å². The van der Waals surface area contributed by atoms with Gasteiger partial charge in [0.2, 0.25) is 10.0 Å². The monoisotopic (exact) mass is 358 g/mol. The standard InChI is InChI=1S/C13H17F3N2O2S.ClH/c14-9-5-11(16)13(6-10(9)15)21(19,20)18-12(7-17)8-3-1-2-4-8;/h5-6,8,12,18H,1-4,7,17H2;1H. The molecular weight excluding hydrogens is 341 g/mol. The molecule has 4 nitrogen and oxygen atoms in total. The maximum atomic E-state index is 13.6. The van der Waals surface area contributed by atoms with Crippen molar-refractivity contribution in [1.82, 2.24) is 4.72 Å². The van der Waals surface area contributed by atoms with E-state index in [-0.39, 0.29) is 30.9 Å². The van der Waals surface area contributed by atoms with E-state index in [9.17, 15) is 21.6 Å². The van der Waals surface area contributed by atoms with Gasteiger partial charge in [0.05, 0.1) is 0 Å². The number of sulfonamides is 1. The Morgan fingerprint density at radius 3 is 2.23 bits per heavy atom. The molecule has 0 amide bonds. The molecule has 1 aromatic rings. The highest BCUT2D eigenvalue weighted by molar-refractivity contribution is 7.89. The fourth-order valence-corrected chi connectivity index (χ4v) is 4.06. The van der Waals surface area contributed by atoms with E-state index in [1.165, 1.54) is 0 Å². The average Bonchev–Trinajstić information content (AvgIpc) is 2.94. The molecular formula is C13H18ClF3N2O2S. The molecule has 1 aliphatic rings. The lowest BCUT2D eigenvalue weighted by molar-refractivity contribution is 0.404. The molecule has 0 aliphatic heterocycles. The maximum absolute atomic E-state index is 13.6. The third-order valence-electron chi connectivity index (χ3n) is 3.79. The highest BCUT2D eigenvalue weighted by atomic mass is 35.5. The Hall–Kier alpha value is -0.830. The Kier molecular flexibility index (Phi) is 6.66. The van der Waals surface area contributed by atoms with Crippen LogP contribution in [-0.4, -0.2) is 21.0 Å². The van der Waals surface area contributed by atoms with Gasteiger partial charge in [-0.15, -0.1) is 12.4 Å². The van der Waals surface area contributed by atoms with Crippen molar-refractivity contribution in [3.63, 3.8) is 0 Å². The number of nitrogens with one attached hydrogen (secondary N) is 1.